The number of rotatable bonds is 3. The van der Waals surface area contributed by atoms with Gasteiger partial charge in [0.25, 0.3) is 0 Å². The highest BCUT2D eigenvalue weighted by Crippen LogP contribution is 2.36. The van der Waals surface area contributed by atoms with Crippen molar-refractivity contribution >= 4 is 12.4 Å². The van der Waals surface area contributed by atoms with E-state index >= 15 is 0 Å². The third-order valence-electron chi connectivity index (χ3n) is 5.15. The number of hydrogen-bond acceptors (Lipinski definition) is 3. The van der Waals surface area contributed by atoms with Crippen LogP contribution < -0.4 is 10.1 Å². The van der Waals surface area contributed by atoms with Gasteiger partial charge in [0.1, 0.15) is 11.9 Å². The average Bonchev–Trinajstić information content (AvgIpc) is 2.88. The summed E-state index contributed by atoms with van der Waals surface area (Å²) in [5, 5.41) is 13.8. The van der Waals surface area contributed by atoms with Gasteiger partial charge >= 0.3 is 0 Å². The number of ether oxygens (including phenoxy) is 1. The number of aryl methyl sites for hydroxylation is 1. The van der Waals surface area contributed by atoms with E-state index in [0.29, 0.717) is 17.8 Å². The fourth-order valence-electron chi connectivity index (χ4n) is 3.65. The molecule has 1 aliphatic carbocycles. The van der Waals surface area contributed by atoms with Gasteiger partial charge in [-0.1, -0.05) is 26.0 Å². The number of aliphatic hydroxyl groups excluding tert-OH is 1. The van der Waals surface area contributed by atoms with Crippen molar-refractivity contribution in [1.82, 2.24) is 5.32 Å². The van der Waals surface area contributed by atoms with Crippen LogP contribution in [-0.2, 0) is 0 Å². The van der Waals surface area contributed by atoms with Crippen LogP contribution in [0.25, 0.3) is 0 Å². The number of aliphatic hydroxyl groups is 1. The Bertz CT molecular complexity index is 506. The number of benzene rings is 1. The second-order valence-electron chi connectivity index (χ2n) is 7.05. The van der Waals surface area contributed by atoms with Gasteiger partial charge < -0.3 is 15.2 Å². The van der Waals surface area contributed by atoms with Gasteiger partial charge in [-0.05, 0) is 67.8 Å². The molecule has 0 radical (unpaired) electrons. The summed E-state index contributed by atoms with van der Waals surface area (Å²) >= 11 is 0. The number of hydrogen-bond donors (Lipinski definition) is 2. The summed E-state index contributed by atoms with van der Waals surface area (Å²) in [7, 11) is 0. The van der Waals surface area contributed by atoms with E-state index in [9.17, 15) is 5.11 Å². The Morgan fingerprint density at radius 2 is 1.86 bits per heavy atom. The molecule has 3 rings (SSSR count). The summed E-state index contributed by atoms with van der Waals surface area (Å²) in [6, 6.07) is 6.44. The van der Waals surface area contributed by atoms with Crippen molar-refractivity contribution in [2.24, 2.45) is 11.8 Å². The molecule has 0 unspecified atom stereocenters. The van der Waals surface area contributed by atoms with Gasteiger partial charge in [-0.25, -0.2) is 0 Å². The second-order valence-corrected chi connectivity index (χ2v) is 7.05. The largest absolute Gasteiger partial charge is 0.487 e. The summed E-state index contributed by atoms with van der Waals surface area (Å²) < 4.78 is 6.22. The lowest BCUT2D eigenvalue weighted by Gasteiger charge is -2.35. The quantitative estimate of drug-likeness (QED) is 0.896. The van der Waals surface area contributed by atoms with Gasteiger partial charge in [0, 0.05) is 0 Å². The van der Waals surface area contributed by atoms with Gasteiger partial charge in [0.15, 0.2) is 0 Å². The van der Waals surface area contributed by atoms with Crippen LogP contribution in [0.3, 0.4) is 0 Å². The molecular weight excluding hydrogens is 298 g/mol. The fourth-order valence-corrected chi connectivity index (χ4v) is 3.65. The third kappa shape index (κ3) is 3.58. The Kier molecular flexibility index (Phi) is 5.76. The van der Waals surface area contributed by atoms with Crippen molar-refractivity contribution in [2.45, 2.75) is 51.7 Å². The number of fused-ring (bicyclic) bond motifs is 1. The molecular formula is C18H28ClNO2. The first-order valence-electron chi connectivity index (χ1n) is 8.20. The Morgan fingerprint density at radius 3 is 2.55 bits per heavy atom. The van der Waals surface area contributed by atoms with E-state index in [1.807, 2.05) is 0 Å². The first-order valence-corrected chi connectivity index (χ1v) is 8.20. The van der Waals surface area contributed by atoms with Crippen LogP contribution in [0, 0.1) is 18.8 Å². The standard InChI is InChI=1S/C18H27NO2.ClH/c1-11(2)13-5-4-12(3)17(7-13)21-18-8-15-10-19-9-14(15)6-16(18)20;/h4-5,7,11,14-16,18-20H,6,8-10H2,1-3H3;1H/t14-,15+,16+,18+;/m0./s1. The van der Waals surface area contributed by atoms with Gasteiger partial charge in [0.05, 0.1) is 6.10 Å². The van der Waals surface area contributed by atoms with Crippen LogP contribution in [0.2, 0.25) is 0 Å². The zero-order valence-electron chi connectivity index (χ0n) is 13.7. The summed E-state index contributed by atoms with van der Waals surface area (Å²) in [4.78, 5) is 0. The normalized spacial score (nSPS) is 30.8. The van der Waals surface area contributed by atoms with E-state index in [4.69, 9.17) is 4.74 Å². The van der Waals surface area contributed by atoms with E-state index in [1.165, 1.54) is 5.56 Å². The van der Waals surface area contributed by atoms with Crippen LogP contribution in [0.1, 0.15) is 43.7 Å². The fraction of sp³-hybridized carbons (Fsp3) is 0.667. The molecule has 4 heteroatoms. The lowest BCUT2D eigenvalue weighted by molar-refractivity contribution is -0.0234. The predicted molar refractivity (Wildman–Crippen MR) is 92.0 cm³/mol. The molecule has 3 nitrogen and oxygen atoms in total. The average molecular weight is 326 g/mol. The molecule has 0 amide bonds. The highest BCUT2D eigenvalue weighted by atomic mass is 35.5. The lowest BCUT2D eigenvalue weighted by Crippen LogP contribution is -2.42. The minimum Gasteiger partial charge on any atom is -0.487 e. The first-order chi connectivity index (χ1) is 10.0. The molecule has 1 saturated carbocycles. The molecule has 0 aromatic heterocycles. The second kappa shape index (κ2) is 7.20. The summed E-state index contributed by atoms with van der Waals surface area (Å²) in [5.41, 5.74) is 2.44. The number of nitrogens with one attached hydrogen (secondary N) is 1. The Morgan fingerprint density at radius 1 is 1.18 bits per heavy atom. The molecule has 4 atom stereocenters. The lowest BCUT2D eigenvalue weighted by atomic mass is 9.78. The third-order valence-corrected chi connectivity index (χ3v) is 5.15. The topological polar surface area (TPSA) is 41.5 Å². The molecule has 2 fully saturated rings. The zero-order valence-corrected chi connectivity index (χ0v) is 14.5. The molecule has 0 bridgehead atoms. The molecule has 2 aliphatic rings. The molecule has 1 aromatic carbocycles. The van der Waals surface area contributed by atoms with E-state index in [2.05, 4.69) is 44.3 Å². The van der Waals surface area contributed by atoms with Crippen molar-refractivity contribution in [3.8, 4) is 5.75 Å². The Balaban J connectivity index is 0.00000176. The first kappa shape index (κ1) is 17.6. The highest BCUT2D eigenvalue weighted by Gasteiger charge is 2.39. The van der Waals surface area contributed by atoms with Crippen molar-refractivity contribution in [3.63, 3.8) is 0 Å². The van der Waals surface area contributed by atoms with E-state index in [-0.39, 0.29) is 24.6 Å². The Hall–Kier alpha value is -0.770. The van der Waals surface area contributed by atoms with Gasteiger partial charge in [-0.15, -0.1) is 12.4 Å². The molecule has 1 saturated heterocycles. The van der Waals surface area contributed by atoms with Gasteiger partial charge in [-0.3, -0.25) is 0 Å². The van der Waals surface area contributed by atoms with Crippen molar-refractivity contribution in [2.75, 3.05) is 13.1 Å². The van der Waals surface area contributed by atoms with Crippen LogP contribution >= 0.6 is 12.4 Å². The van der Waals surface area contributed by atoms with E-state index in [1.54, 1.807) is 0 Å². The predicted octanol–water partition coefficient (Wildman–Crippen LogP) is 3.28. The van der Waals surface area contributed by atoms with Crippen molar-refractivity contribution in [1.29, 1.82) is 0 Å². The molecule has 22 heavy (non-hydrogen) atoms. The van der Waals surface area contributed by atoms with Crippen molar-refractivity contribution < 1.29 is 9.84 Å². The van der Waals surface area contributed by atoms with Gasteiger partial charge in [0.2, 0.25) is 0 Å². The molecule has 2 N–H and O–H groups in total. The van der Waals surface area contributed by atoms with Crippen LogP contribution in [0.5, 0.6) is 5.75 Å². The SMILES string of the molecule is Cc1ccc(C(C)C)cc1O[C@@H]1C[C@@H]2CNC[C@@H]2C[C@H]1O.Cl. The summed E-state index contributed by atoms with van der Waals surface area (Å²) in [5.74, 6) is 2.72. The van der Waals surface area contributed by atoms with Crippen LogP contribution in [0.4, 0.5) is 0 Å². The summed E-state index contributed by atoms with van der Waals surface area (Å²) in [6.07, 6.45) is 1.43. The van der Waals surface area contributed by atoms with Crippen LogP contribution in [-0.4, -0.2) is 30.4 Å². The Labute approximate surface area is 139 Å². The highest BCUT2D eigenvalue weighted by molar-refractivity contribution is 5.85. The maximum atomic E-state index is 10.4. The monoisotopic (exact) mass is 325 g/mol. The van der Waals surface area contributed by atoms with Crippen molar-refractivity contribution in [3.05, 3.63) is 29.3 Å². The molecule has 0 spiro atoms. The van der Waals surface area contributed by atoms with Crippen LogP contribution in [0.15, 0.2) is 18.2 Å². The number of halogens is 1. The molecule has 1 aromatic rings. The minimum absolute atomic E-state index is 0. The zero-order chi connectivity index (χ0) is 15.0. The smallest absolute Gasteiger partial charge is 0.125 e. The maximum Gasteiger partial charge on any atom is 0.125 e. The molecule has 1 aliphatic heterocycles. The molecule has 1 heterocycles. The van der Waals surface area contributed by atoms with Gasteiger partial charge in [-0.2, -0.15) is 0 Å². The molecule has 124 valence electrons. The minimum atomic E-state index is -0.340. The van der Waals surface area contributed by atoms with E-state index < -0.39 is 0 Å². The van der Waals surface area contributed by atoms with E-state index in [0.717, 1.165) is 37.2 Å². The summed E-state index contributed by atoms with van der Waals surface area (Å²) in [6.45, 7) is 8.59. The maximum absolute atomic E-state index is 10.4.